The molecule has 1 saturated carbocycles. The number of sulfonamides is 2. The molecule has 1 aromatic heterocycles. The quantitative estimate of drug-likeness (QED) is 0.430. The monoisotopic (exact) mass is 550 g/mol. The lowest BCUT2D eigenvalue weighted by atomic mass is 9.99. The van der Waals surface area contributed by atoms with Crippen LogP contribution in [0.15, 0.2) is 41.4 Å². The zero-order valence-electron chi connectivity index (χ0n) is 20.8. The van der Waals surface area contributed by atoms with E-state index in [0.29, 0.717) is 38.2 Å². The number of piperidine rings is 1. The summed E-state index contributed by atoms with van der Waals surface area (Å²) in [5.74, 6) is 0.0394. The fourth-order valence-electron chi connectivity index (χ4n) is 4.90. The van der Waals surface area contributed by atoms with Gasteiger partial charge in [-0.25, -0.2) is 25.9 Å². The summed E-state index contributed by atoms with van der Waals surface area (Å²) in [6.07, 6.45) is 4.37. The van der Waals surface area contributed by atoms with Gasteiger partial charge >= 0.3 is 0 Å². The van der Waals surface area contributed by atoms with Crippen molar-refractivity contribution in [2.75, 3.05) is 32.1 Å². The van der Waals surface area contributed by atoms with Crippen molar-refractivity contribution >= 4 is 20.0 Å². The van der Waals surface area contributed by atoms with Crippen molar-refractivity contribution in [1.82, 2.24) is 18.9 Å². The van der Waals surface area contributed by atoms with Crippen molar-refractivity contribution in [1.29, 1.82) is 0 Å². The van der Waals surface area contributed by atoms with Crippen LogP contribution in [0.25, 0.3) is 0 Å². The van der Waals surface area contributed by atoms with Crippen LogP contribution in [0.5, 0.6) is 5.75 Å². The Balaban J connectivity index is 1.26. The maximum atomic E-state index is 13.2. The van der Waals surface area contributed by atoms with Gasteiger partial charge in [-0.15, -0.1) is 0 Å². The minimum Gasteiger partial charge on any atom is -0.490 e. The molecule has 1 saturated heterocycles. The minimum absolute atomic E-state index is 0.0345. The van der Waals surface area contributed by atoms with Crippen LogP contribution in [0.1, 0.15) is 42.5 Å². The van der Waals surface area contributed by atoms with E-state index in [1.807, 2.05) is 12.1 Å². The lowest BCUT2D eigenvalue weighted by Crippen LogP contribution is -2.41. The number of hydrogen-bond acceptors (Lipinski definition) is 8. The second-order valence-electron chi connectivity index (χ2n) is 10.1. The Labute approximate surface area is 218 Å². The number of hydrogen-bond donors (Lipinski definition) is 2. The molecule has 0 amide bonds. The van der Waals surface area contributed by atoms with Crippen molar-refractivity contribution in [2.45, 2.75) is 56.3 Å². The number of pyridine rings is 1. The molecule has 5 rings (SSSR count). The number of benzene rings is 1. The van der Waals surface area contributed by atoms with Crippen LogP contribution in [-0.2, 0) is 39.7 Å². The molecule has 12 heteroatoms. The Kier molecular flexibility index (Phi) is 7.85. The molecule has 0 spiro atoms. The topological polar surface area (TPSA) is 129 Å². The average molecular weight is 551 g/mol. The molecule has 1 aromatic carbocycles. The predicted molar refractivity (Wildman–Crippen MR) is 138 cm³/mol. The van der Waals surface area contributed by atoms with Crippen molar-refractivity contribution in [2.24, 2.45) is 5.92 Å². The van der Waals surface area contributed by atoms with Crippen LogP contribution in [0.4, 0.5) is 0 Å². The second-order valence-corrected chi connectivity index (χ2v) is 13.9. The highest BCUT2D eigenvalue weighted by molar-refractivity contribution is 7.89. The second kappa shape index (κ2) is 11.0. The van der Waals surface area contributed by atoms with Gasteiger partial charge < -0.3 is 9.84 Å². The molecule has 2 fully saturated rings. The molecule has 0 atom stereocenters. The number of aliphatic hydroxyl groups is 1. The molecule has 3 aliphatic rings. The number of aliphatic hydroxyl groups excluding tert-OH is 1. The first-order valence-electron chi connectivity index (χ1n) is 12.8. The van der Waals surface area contributed by atoms with Gasteiger partial charge in [-0.3, -0.25) is 9.88 Å². The van der Waals surface area contributed by atoms with Gasteiger partial charge in [0.15, 0.2) is 5.75 Å². The molecular formula is C25H34N4O6S2. The van der Waals surface area contributed by atoms with E-state index in [1.54, 1.807) is 6.07 Å². The molecule has 2 N–H and O–H groups in total. The number of aromatic nitrogens is 1. The van der Waals surface area contributed by atoms with Gasteiger partial charge in [-0.05, 0) is 48.8 Å². The van der Waals surface area contributed by atoms with E-state index in [0.717, 1.165) is 25.9 Å². The Morgan fingerprint density at radius 1 is 1.03 bits per heavy atom. The maximum absolute atomic E-state index is 13.2. The number of nitrogens with one attached hydrogen (secondary N) is 1. The highest BCUT2D eigenvalue weighted by Crippen LogP contribution is 2.30. The molecule has 202 valence electrons. The van der Waals surface area contributed by atoms with Gasteiger partial charge in [-0.1, -0.05) is 24.3 Å². The number of fused-ring (bicyclic) bond motifs is 1. The Bertz CT molecular complexity index is 1300. The number of ether oxygens (including phenoxy) is 1. The molecule has 3 heterocycles. The standard InChI is InChI=1S/C25H34N4O6S2/c30-11-12-36(31,32)29-9-7-19(8-10-29)18-35-24-14-26-23(13-25(24)37(33,34)27-22-5-6-22)17-28-15-20-3-1-2-4-21(20)16-28/h1-4,13-14,19,22,27,30H,5-12,15-18H2. The van der Waals surface area contributed by atoms with Crippen molar-refractivity contribution < 1.29 is 26.7 Å². The molecule has 0 unspecified atom stereocenters. The van der Waals surface area contributed by atoms with Crippen LogP contribution < -0.4 is 9.46 Å². The average Bonchev–Trinajstić information content (AvgIpc) is 3.58. The lowest BCUT2D eigenvalue weighted by molar-refractivity contribution is 0.181. The normalized spacial score (nSPS) is 19.7. The van der Waals surface area contributed by atoms with Gasteiger partial charge in [0.25, 0.3) is 0 Å². The third-order valence-corrected chi connectivity index (χ3v) is 10.6. The summed E-state index contributed by atoms with van der Waals surface area (Å²) in [7, 11) is -7.22. The van der Waals surface area contributed by atoms with E-state index in [2.05, 4.69) is 26.7 Å². The fourth-order valence-corrected chi connectivity index (χ4v) is 7.63. The highest BCUT2D eigenvalue weighted by atomic mass is 32.2. The van der Waals surface area contributed by atoms with Crippen molar-refractivity contribution in [3.63, 3.8) is 0 Å². The maximum Gasteiger partial charge on any atom is 0.244 e. The third-order valence-electron chi connectivity index (χ3n) is 7.16. The number of rotatable bonds is 11. The molecule has 1 aliphatic carbocycles. The Morgan fingerprint density at radius 3 is 2.32 bits per heavy atom. The van der Waals surface area contributed by atoms with Crippen molar-refractivity contribution in [3.8, 4) is 5.75 Å². The van der Waals surface area contributed by atoms with Crippen LogP contribution in [0, 0.1) is 5.92 Å². The van der Waals surface area contributed by atoms with E-state index >= 15 is 0 Å². The molecular weight excluding hydrogens is 516 g/mol. The van der Waals surface area contributed by atoms with Crippen molar-refractivity contribution in [3.05, 3.63) is 53.3 Å². The summed E-state index contributed by atoms with van der Waals surface area (Å²) in [6, 6.07) is 9.86. The van der Waals surface area contributed by atoms with E-state index in [4.69, 9.17) is 9.84 Å². The van der Waals surface area contributed by atoms with E-state index < -0.39 is 26.7 Å². The first-order chi connectivity index (χ1) is 17.7. The smallest absolute Gasteiger partial charge is 0.244 e. The molecule has 2 aliphatic heterocycles. The number of nitrogens with zero attached hydrogens (tertiary/aromatic N) is 3. The summed E-state index contributed by atoms with van der Waals surface area (Å²) in [5.41, 5.74) is 3.22. The molecule has 0 radical (unpaired) electrons. The zero-order valence-corrected chi connectivity index (χ0v) is 22.4. The summed E-state index contributed by atoms with van der Waals surface area (Å²) in [6.45, 7) is 2.73. The van der Waals surface area contributed by atoms with Gasteiger partial charge in [0.2, 0.25) is 20.0 Å². The van der Waals surface area contributed by atoms with Gasteiger partial charge in [0.05, 0.1) is 30.9 Å². The molecule has 37 heavy (non-hydrogen) atoms. The lowest BCUT2D eigenvalue weighted by Gasteiger charge is -2.31. The first-order valence-corrected chi connectivity index (χ1v) is 15.8. The van der Waals surface area contributed by atoms with Crippen LogP contribution in [-0.4, -0.2) is 74.2 Å². The van der Waals surface area contributed by atoms with Gasteiger partial charge in [0.1, 0.15) is 4.90 Å². The minimum atomic E-state index is -3.77. The van der Waals surface area contributed by atoms with Crippen LogP contribution >= 0.6 is 0 Å². The fraction of sp³-hybridized carbons (Fsp3) is 0.560. The van der Waals surface area contributed by atoms with Gasteiger partial charge in [-0.2, -0.15) is 0 Å². The first kappa shape index (κ1) is 26.5. The summed E-state index contributed by atoms with van der Waals surface area (Å²) < 4.78 is 61.0. The summed E-state index contributed by atoms with van der Waals surface area (Å²) in [4.78, 5) is 6.87. The predicted octanol–water partition coefficient (Wildman–Crippen LogP) is 1.45. The van der Waals surface area contributed by atoms with E-state index in [1.165, 1.54) is 21.6 Å². The Hall–Kier alpha value is -2.09. The molecule has 10 nitrogen and oxygen atoms in total. The molecule has 2 aromatic rings. The SMILES string of the molecule is O=S(=O)(NC1CC1)c1cc(CN2Cc3ccccc3C2)ncc1OCC1CCN(S(=O)(=O)CCO)CC1. The largest absolute Gasteiger partial charge is 0.490 e. The van der Waals surface area contributed by atoms with E-state index in [-0.39, 0.29) is 35.0 Å². The van der Waals surface area contributed by atoms with Crippen LogP contribution in [0.3, 0.4) is 0 Å². The summed E-state index contributed by atoms with van der Waals surface area (Å²) >= 11 is 0. The zero-order chi connectivity index (χ0) is 26.0. The highest BCUT2D eigenvalue weighted by Gasteiger charge is 2.32. The van der Waals surface area contributed by atoms with Gasteiger partial charge in [0, 0.05) is 38.8 Å². The summed E-state index contributed by atoms with van der Waals surface area (Å²) in [5, 5.41) is 9.00. The molecule has 0 bridgehead atoms. The van der Waals surface area contributed by atoms with Crippen LogP contribution in [0.2, 0.25) is 0 Å². The Morgan fingerprint density at radius 2 is 1.70 bits per heavy atom. The third kappa shape index (κ3) is 6.50. The van der Waals surface area contributed by atoms with E-state index in [9.17, 15) is 16.8 Å².